The fourth-order valence-corrected chi connectivity index (χ4v) is 2.72. The molecule has 21 heavy (non-hydrogen) atoms. The highest BCUT2D eigenvalue weighted by molar-refractivity contribution is 7.89. The van der Waals surface area contributed by atoms with Crippen LogP contribution in [-0.2, 0) is 23.1 Å². The molecular weight excluding hydrogens is 288 g/mol. The fraction of sp³-hybridized carbons (Fsp3) is 0.357. The number of hydrogen-bond acceptors (Lipinski definition) is 4. The van der Waals surface area contributed by atoms with Crippen LogP contribution in [0.25, 0.3) is 0 Å². The van der Waals surface area contributed by atoms with Crippen LogP contribution >= 0.6 is 0 Å². The van der Waals surface area contributed by atoms with Crippen LogP contribution in [-0.4, -0.2) is 25.2 Å². The van der Waals surface area contributed by atoms with E-state index in [1.807, 2.05) is 23.1 Å². The standard InChI is InChI=1S/C14H20N4O2S/c1-3-7-18-11-12(10-17-18)9-16-13-5-4-6-14(8-13)21(19,20)15-2/h4-6,8,10-11,15-16H,3,7,9H2,1-2H3. The molecule has 114 valence electrons. The van der Waals surface area contributed by atoms with Crippen molar-refractivity contribution in [3.63, 3.8) is 0 Å². The van der Waals surface area contributed by atoms with Gasteiger partial charge in [-0.25, -0.2) is 13.1 Å². The Kier molecular flexibility index (Phi) is 4.98. The van der Waals surface area contributed by atoms with Crippen molar-refractivity contribution < 1.29 is 8.42 Å². The second kappa shape index (κ2) is 6.73. The molecule has 2 rings (SSSR count). The van der Waals surface area contributed by atoms with Crippen molar-refractivity contribution in [1.29, 1.82) is 0 Å². The van der Waals surface area contributed by atoms with Crippen molar-refractivity contribution in [2.75, 3.05) is 12.4 Å². The van der Waals surface area contributed by atoms with E-state index in [1.54, 1.807) is 18.2 Å². The molecule has 0 aliphatic carbocycles. The van der Waals surface area contributed by atoms with Gasteiger partial charge < -0.3 is 5.32 Å². The average molecular weight is 308 g/mol. The molecule has 0 saturated carbocycles. The molecule has 1 aromatic heterocycles. The first-order valence-corrected chi connectivity index (χ1v) is 8.32. The molecule has 0 unspecified atom stereocenters. The first-order chi connectivity index (χ1) is 10.0. The van der Waals surface area contributed by atoms with E-state index in [2.05, 4.69) is 22.1 Å². The van der Waals surface area contributed by atoms with Gasteiger partial charge in [-0.2, -0.15) is 5.10 Å². The largest absolute Gasteiger partial charge is 0.381 e. The number of nitrogens with zero attached hydrogens (tertiary/aromatic N) is 2. The number of aromatic nitrogens is 2. The molecule has 0 bridgehead atoms. The van der Waals surface area contributed by atoms with Crippen molar-refractivity contribution in [2.24, 2.45) is 0 Å². The maximum Gasteiger partial charge on any atom is 0.240 e. The molecule has 0 fully saturated rings. The minimum Gasteiger partial charge on any atom is -0.381 e. The van der Waals surface area contributed by atoms with Crippen LogP contribution in [0, 0.1) is 0 Å². The molecule has 6 nitrogen and oxygen atoms in total. The first kappa shape index (κ1) is 15.5. The second-order valence-corrected chi connectivity index (χ2v) is 6.59. The van der Waals surface area contributed by atoms with Crippen molar-refractivity contribution in [1.82, 2.24) is 14.5 Å². The zero-order valence-electron chi connectivity index (χ0n) is 12.2. The summed E-state index contributed by atoms with van der Waals surface area (Å²) in [5.41, 5.74) is 1.82. The Bertz CT molecular complexity index is 695. The normalized spacial score (nSPS) is 11.5. The lowest BCUT2D eigenvalue weighted by molar-refractivity contribution is 0.588. The van der Waals surface area contributed by atoms with Gasteiger partial charge in [0.25, 0.3) is 0 Å². The summed E-state index contributed by atoms with van der Waals surface area (Å²) in [4.78, 5) is 0.247. The van der Waals surface area contributed by atoms with Gasteiger partial charge in [0.1, 0.15) is 0 Å². The van der Waals surface area contributed by atoms with Crippen molar-refractivity contribution >= 4 is 15.7 Å². The Labute approximate surface area is 125 Å². The van der Waals surface area contributed by atoms with Gasteiger partial charge in [0.2, 0.25) is 10.0 Å². The molecule has 0 amide bonds. The Morgan fingerprint density at radius 3 is 2.86 bits per heavy atom. The van der Waals surface area contributed by atoms with Gasteiger partial charge in [-0.3, -0.25) is 4.68 Å². The molecule has 0 spiro atoms. The van der Waals surface area contributed by atoms with E-state index in [0.717, 1.165) is 24.2 Å². The quantitative estimate of drug-likeness (QED) is 0.818. The zero-order chi connectivity index (χ0) is 15.3. The van der Waals surface area contributed by atoms with Crippen LogP contribution in [0.5, 0.6) is 0 Å². The van der Waals surface area contributed by atoms with Crippen molar-refractivity contribution in [3.05, 3.63) is 42.2 Å². The number of rotatable bonds is 7. The monoisotopic (exact) mass is 308 g/mol. The molecule has 0 saturated heterocycles. The summed E-state index contributed by atoms with van der Waals surface area (Å²) in [5, 5.41) is 7.47. The molecule has 7 heteroatoms. The maximum absolute atomic E-state index is 11.8. The molecule has 0 aliphatic heterocycles. The van der Waals surface area contributed by atoms with Crippen LogP contribution in [0.2, 0.25) is 0 Å². The zero-order valence-corrected chi connectivity index (χ0v) is 13.0. The topological polar surface area (TPSA) is 76.0 Å². The Morgan fingerprint density at radius 2 is 2.14 bits per heavy atom. The van der Waals surface area contributed by atoms with Crippen molar-refractivity contribution in [3.8, 4) is 0 Å². The van der Waals surface area contributed by atoms with Gasteiger partial charge in [-0.1, -0.05) is 13.0 Å². The van der Waals surface area contributed by atoms with Crippen molar-refractivity contribution in [2.45, 2.75) is 31.3 Å². The molecule has 2 aromatic rings. The third kappa shape index (κ3) is 4.05. The molecule has 1 aromatic carbocycles. The lowest BCUT2D eigenvalue weighted by Crippen LogP contribution is -2.18. The third-order valence-corrected chi connectivity index (χ3v) is 4.46. The molecule has 0 aliphatic rings. The van der Waals surface area contributed by atoms with E-state index >= 15 is 0 Å². The minimum atomic E-state index is -3.41. The van der Waals surface area contributed by atoms with Gasteiger partial charge in [0.05, 0.1) is 11.1 Å². The van der Waals surface area contributed by atoms with Crippen LogP contribution in [0.3, 0.4) is 0 Å². The number of benzene rings is 1. The third-order valence-electron chi connectivity index (χ3n) is 3.05. The lowest BCUT2D eigenvalue weighted by Gasteiger charge is -2.07. The SMILES string of the molecule is CCCn1cc(CNc2cccc(S(=O)(=O)NC)c2)cn1. The summed E-state index contributed by atoms with van der Waals surface area (Å²) >= 11 is 0. The smallest absolute Gasteiger partial charge is 0.240 e. The lowest BCUT2D eigenvalue weighted by atomic mass is 10.3. The molecule has 1 heterocycles. The van der Waals surface area contributed by atoms with Crippen LogP contribution in [0.1, 0.15) is 18.9 Å². The molecule has 0 atom stereocenters. The highest BCUT2D eigenvalue weighted by Crippen LogP contribution is 2.16. The summed E-state index contributed by atoms with van der Waals surface area (Å²) < 4.78 is 27.7. The Morgan fingerprint density at radius 1 is 1.33 bits per heavy atom. The van der Waals surface area contributed by atoms with E-state index < -0.39 is 10.0 Å². The number of nitrogens with one attached hydrogen (secondary N) is 2. The van der Waals surface area contributed by atoms with Crippen LogP contribution < -0.4 is 10.0 Å². The highest BCUT2D eigenvalue weighted by Gasteiger charge is 2.11. The number of sulfonamides is 1. The summed E-state index contributed by atoms with van der Waals surface area (Å²) in [7, 11) is -2.01. The Hall–Kier alpha value is -1.86. The van der Waals surface area contributed by atoms with Gasteiger partial charge in [-0.05, 0) is 31.7 Å². The predicted molar refractivity (Wildman–Crippen MR) is 82.5 cm³/mol. The van der Waals surface area contributed by atoms with E-state index in [-0.39, 0.29) is 4.90 Å². The van der Waals surface area contributed by atoms with Crippen LogP contribution in [0.15, 0.2) is 41.6 Å². The van der Waals surface area contributed by atoms with Crippen LogP contribution in [0.4, 0.5) is 5.69 Å². The van der Waals surface area contributed by atoms with Gasteiger partial charge in [0.15, 0.2) is 0 Å². The number of anilines is 1. The maximum atomic E-state index is 11.8. The molecule has 2 N–H and O–H groups in total. The predicted octanol–water partition coefficient (Wildman–Crippen LogP) is 1.81. The first-order valence-electron chi connectivity index (χ1n) is 6.84. The van der Waals surface area contributed by atoms with E-state index in [4.69, 9.17) is 0 Å². The van der Waals surface area contributed by atoms with E-state index in [1.165, 1.54) is 7.05 Å². The van der Waals surface area contributed by atoms with E-state index in [9.17, 15) is 8.42 Å². The Balaban J connectivity index is 2.04. The van der Waals surface area contributed by atoms with Gasteiger partial charge >= 0.3 is 0 Å². The highest BCUT2D eigenvalue weighted by atomic mass is 32.2. The summed E-state index contributed by atoms with van der Waals surface area (Å²) in [6.07, 6.45) is 4.85. The fourth-order valence-electron chi connectivity index (χ4n) is 1.94. The number of hydrogen-bond donors (Lipinski definition) is 2. The molecular formula is C14H20N4O2S. The minimum absolute atomic E-state index is 0.247. The summed E-state index contributed by atoms with van der Waals surface area (Å²) in [6.45, 7) is 3.61. The van der Waals surface area contributed by atoms with E-state index in [0.29, 0.717) is 6.54 Å². The van der Waals surface area contributed by atoms with Gasteiger partial charge in [0, 0.05) is 30.5 Å². The summed E-state index contributed by atoms with van der Waals surface area (Å²) in [5.74, 6) is 0. The molecule has 0 radical (unpaired) electrons. The summed E-state index contributed by atoms with van der Waals surface area (Å²) in [6, 6.07) is 6.73. The second-order valence-electron chi connectivity index (χ2n) is 4.70. The van der Waals surface area contributed by atoms with Gasteiger partial charge in [-0.15, -0.1) is 0 Å². The number of aryl methyl sites for hydroxylation is 1. The average Bonchev–Trinajstić information content (AvgIpc) is 2.93.